The molecule has 0 amide bonds. The first-order valence-electron chi connectivity index (χ1n) is 6.32. The molecule has 0 aliphatic heterocycles. The molecule has 96 valence electrons. The zero-order chi connectivity index (χ0) is 12.8. The summed E-state index contributed by atoms with van der Waals surface area (Å²) in [6, 6.07) is 4.00. The van der Waals surface area contributed by atoms with Crippen LogP contribution in [0.25, 0.3) is 11.2 Å². The number of hydrogen-bond acceptors (Lipinski definition) is 5. The minimum Gasteiger partial charge on any atom is -0.355 e. The van der Waals surface area contributed by atoms with Gasteiger partial charge in [0.2, 0.25) is 0 Å². The van der Waals surface area contributed by atoms with Crippen LogP contribution in [0.15, 0.2) is 24.5 Å². The maximum atomic E-state index is 4.57. The number of hydrogen-bond donors (Lipinski definition) is 1. The van der Waals surface area contributed by atoms with Crippen molar-refractivity contribution in [3.05, 3.63) is 24.5 Å². The van der Waals surface area contributed by atoms with Crippen molar-refractivity contribution in [1.29, 1.82) is 0 Å². The van der Waals surface area contributed by atoms with Gasteiger partial charge in [-0.25, -0.2) is 9.97 Å². The van der Waals surface area contributed by atoms with E-state index in [2.05, 4.69) is 32.1 Å². The molecular weight excluding hydrogens is 226 g/mol. The summed E-state index contributed by atoms with van der Waals surface area (Å²) in [5, 5.41) is 3.17. The molecule has 0 saturated carbocycles. The Labute approximate surface area is 107 Å². The Morgan fingerprint density at radius 3 is 2.78 bits per heavy atom. The fourth-order valence-electron chi connectivity index (χ4n) is 1.88. The fourth-order valence-corrected chi connectivity index (χ4v) is 1.88. The number of aromatic nitrogens is 3. The number of anilines is 1. The van der Waals surface area contributed by atoms with Crippen LogP contribution >= 0.6 is 0 Å². The molecule has 5 nitrogen and oxygen atoms in total. The standard InChI is InChI=1S/C13H19N5/c1-3-9-18(10-8-14-2)12-5-4-11-13(17-12)16-7-6-15-11/h4-7,14H,3,8-10H2,1-2H3. The van der Waals surface area contributed by atoms with E-state index in [-0.39, 0.29) is 0 Å². The third-order valence-corrected chi connectivity index (χ3v) is 2.77. The number of nitrogens with one attached hydrogen (secondary N) is 1. The summed E-state index contributed by atoms with van der Waals surface area (Å²) in [5.74, 6) is 0.972. The van der Waals surface area contributed by atoms with Crippen molar-refractivity contribution in [2.75, 3.05) is 31.6 Å². The molecule has 18 heavy (non-hydrogen) atoms. The first kappa shape index (κ1) is 12.7. The van der Waals surface area contributed by atoms with Crippen molar-refractivity contribution in [3.63, 3.8) is 0 Å². The van der Waals surface area contributed by atoms with E-state index in [0.717, 1.165) is 37.4 Å². The first-order valence-corrected chi connectivity index (χ1v) is 6.32. The SMILES string of the molecule is CCCN(CCNC)c1ccc2nccnc2n1. The van der Waals surface area contributed by atoms with Gasteiger partial charge in [0.05, 0.1) is 0 Å². The van der Waals surface area contributed by atoms with Gasteiger partial charge in [-0.3, -0.25) is 4.98 Å². The summed E-state index contributed by atoms with van der Waals surface area (Å²) >= 11 is 0. The van der Waals surface area contributed by atoms with Gasteiger partial charge in [-0.2, -0.15) is 0 Å². The molecule has 0 atom stereocenters. The van der Waals surface area contributed by atoms with E-state index < -0.39 is 0 Å². The molecule has 1 N–H and O–H groups in total. The second kappa shape index (κ2) is 6.26. The van der Waals surface area contributed by atoms with Crippen molar-refractivity contribution in [3.8, 4) is 0 Å². The molecule has 0 radical (unpaired) electrons. The molecule has 0 aromatic carbocycles. The lowest BCUT2D eigenvalue weighted by atomic mass is 10.3. The molecule has 5 heteroatoms. The highest BCUT2D eigenvalue weighted by Gasteiger charge is 2.07. The molecule has 0 aliphatic carbocycles. The average molecular weight is 245 g/mol. The Hall–Kier alpha value is -1.75. The molecule has 0 unspecified atom stereocenters. The molecule has 2 rings (SSSR count). The van der Waals surface area contributed by atoms with Gasteiger partial charge in [0, 0.05) is 32.0 Å². The van der Waals surface area contributed by atoms with Gasteiger partial charge in [0.1, 0.15) is 11.3 Å². The number of fused-ring (bicyclic) bond motifs is 1. The van der Waals surface area contributed by atoms with Crippen LogP contribution in [0.3, 0.4) is 0 Å². The van der Waals surface area contributed by atoms with Crippen LogP contribution in [-0.2, 0) is 0 Å². The smallest absolute Gasteiger partial charge is 0.180 e. The Morgan fingerprint density at radius 1 is 1.17 bits per heavy atom. The van der Waals surface area contributed by atoms with Crippen LogP contribution < -0.4 is 10.2 Å². The summed E-state index contributed by atoms with van der Waals surface area (Å²) in [4.78, 5) is 15.3. The Balaban J connectivity index is 2.25. The molecule has 0 fully saturated rings. The number of pyridine rings is 1. The molecule has 0 bridgehead atoms. The second-order valence-electron chi connectivity index (χ2n) is 4.16. The van der Waals surface area contributed by atoms with Gasteiger partial charge in [0.15, 0.2) is 5.65 Å². The lowest BCUT2D eigenvalue weighted by Crippen LogP contribution is -2.32. The third kappa shape index (κ3) is 2.92. The number of nitrogens with zero attached hydrogens (tertiary/aromatic N) is 4. The van der Waals surface area contributed by atoms with Gasteiger partial charge < -0.3 is 10.2 Å². The second-order valence-corrected chi connectivity index (χ2v) is 4.16. The van der Waals surface area contributed by atoms with E-state index in [0.29, 0.717) is 5.65 Å². The lowest BCUT2D eigenvalue weighted by molar-refractivity contribution is 0.703. The quantitative estimate of drug-likeness (QED) is 0.835. The van der Waals surface area contributed by atoms with E-state index >= 15 is 0 Å². The van der Waals surface area contributed by atoms with E-state index in [1.54, 1.807) is 12.4 Å². The van der Waals surface area contributed by atoms with Crippen LogP contribution in [-0.4, -0.2) is 41.6 Å². The maximum Gasteiger partial charge on any atom is 0.180 e. The highest BCUT2D eigenvalue weighted by Crippen LogP contribution is 2.14. The van der Waals surface area contributed by atoms with Gasteiger partial charge >= 0.3 is 0 Å². The summed E-state index contributed by atoms with van der Waals surface area (Å²) in [6.45, 7) is 5.07. The van der Waals surface area contributed by atoms with E-state index in [1.165, 1.54) is 0 Å². The lowest BCUT2D eigenvalue weighted by Gasteiger charge is -2.23. The third-order valence-electron chi connectivity index (χ3n) is 2.77. The highest BCUT2D eigenvalue weighted by molar-refractivity contribution is 5.71. The van der Waals surface area contributed by atoms with Crippen LogP contribution in [0.1, 0.15) is 13.3 Å². The van der Waals surface area contributed by atoms with Gasteiger partial charge in [-0.05, 0) is 25.6 Å². The van der Waals surface area contributed by atoms with Crippen LogP contribution in [0.2, 0.25) is 0 Å². The summed E-state index contributed by atoms with van der Waals surface area (Å²) in [7, 11) is 1.96. The predicted octanol–water partition coefficient (Wildman–Crippen LogP) is 1.46. The van der Waals surface area contributed by atoms with Gasteiger partial charge in [-0.15, -0.1) is 0 Å². The molecule has 2 heterocycles. The van der Waals surface area contributed by atoms with Crippen molar-refractivity contribution < 1.29 is 0 Å². The minimum absolute atomic E-state index is 0.709. The Bertz CT molecular complexity index is 499. The highest BCUT2D eigenvalue weighted by atomic mass is 15.2. The Kier molecular flexibility index (Phi) is 4.41. The van der Waals surface area contributed by atoms with Gasteiger partial charge in [0.25, 0.3) is 0 Å². The molecule has 2 aromatic heterocycles. The molecular formula is C13H19N5. The van der Waals surface area contributed by atoms with E-state index in [9.17, 15) is 0 Å². The monoisotopic (exact) mass is 245 g/mol. The molecule has 0 spiro atoms. The van der Waals surface area contributed by atoms with Crippen molar-refractivity contribution in [2.45, 2.75) is 13.3 Å². The summed E-state index contributed by atoms with van der Waals surface area (Å²) in [5.41, 5.74) is 1.55. The number of rotatable bonds is 6. The predicted molar refractivity (Wildman–Crippen MR) is 73.8 cm³/mol. The van der Waals surface area contributed by atoms with Gasteiger partial charge in [-0.1, -0.05) is 6.92 Å². The van der Waals surface area contributed by atoms with Crippen molar-refractivity contribution >= 4 is 17.0 Å². The van der Waals surface area contributed by atoms with Crippen LogP contribution in [0, 0.1) is 0 Å². The average Bonchev–Trinajstić information content (AvgIpc) is 2.43. The fraction of sp³-hybridized carbons (Fsp3) is 0.462. The normalized spacial score (nSPS) is 10.8. The van der Waals surface area contributed by atoms with E-state index in [1.807, 2.05) is 19.2 Å². The zero-order valence-electron chi connectivity index (χ0n) is 10.9. The van der Waals surface area contributed by atoms with Crippen molar-refractivity contribution in [2.24, 2.45) is 0 Å². The van der Waals surface area contributed by atoms with Crippen molar-refractivity contribution in [1.82, 2.24) is 20.3 Å². The first-order chi connectivity index (χ1) is 8.85. The Morgan fingerprint density at radius 2 is 2.00 bits per heavy atom. The summed E-state index contributed by atoms with van der Waals surface area (Å²) < 4.78 is 0. The molecule has 2 aromatic rings. The molecule has 0 aliphatic rings. The van der Waals surface area contributed by atoms with Crippen LogP contribution in [0.5, 0.6) is 0 Å². The largest absolute Gasteiger partial charge is 0.355 e. The topological polar surface area (TPSA) is 53.9 Å². The minimum atomic E-state index is 0.709. The summed E-state index contributed by atoms with van der Waals surface area (Å²) in [6.07, 6.45) is 4.47. The van der Waals surface area contributed by atoms with Crippen LogP contribution in [0.4, 0.5) is 5.82 Å². The van der Waals surface area contributed by atoms with E-state index in [4.69, 9.17) is 0 Å². The molecule has 0 saturated heterocycles. The zero-order valence-corrected chi connectivity index (χ0v) is 10.9. The maximum absolute atomic E-state index is 4.57. The number of likely N-dealkylation sites (N-methyl/N-ethyl adjacent to an activating group) is 1.